The summed E-state index contributed by atoms with van der Waals surface area (Å²) in [5.74, 6) is 0. The van der Waals surface area contributed by atoms with Crippen molar-refractivity contribution in [1.82, 2.24) is 9.55 Å². The fraction of sp³-hybridized carbons (Fsp3) is 0.417. The largest absolute Gasteiger partial charge is 0.394 e. The van der Waals surface area contributed by atoms with Crippen molar-refractivity contribution in [2.24, 2.45) is 0 Å². The number of rotatable bonds is 2. The third kappa shape index (κ3) is 2.09. The second-order valence-corrected chi connectivity index (χ2v) is 5.45. The first-order valence-electron chi connectivity index (χ1n) is 5.97. The lowest BCUT2D eigenvalue weighted by Gasteiger charge is -2.17. The van der Waals surface area contributed by atoms with Crippen LogP contribution in [-0.2, 0) is 4.74 Å². The number of halogens is 2. The molecule has 0 radical (unpaired) electrons. The van der Waals surface area contributed by atoms with Crippen LogP contribution in [0.2, 0.25) is 10.0 Å². The Morgan fingerprint density at radius 1 is 1.20 bits per heavy atom. The number of hydrogen-bond donors (Lipinski definition) is 3. The number of nitrogens with zero attached hydrogens (tertiary/aromatic N) is 2. The zero-order valence-corrected chi connectivity index (χ0v) is 11.7. The molecule has 1 aliphatic heterocycles. The summed E-state index contributed by atoms with van der Waals surface area (Å²) in [6.45, 7) is -0.381. The van der Waals surface area contributed by atoms with Gasteiger partial charge in [0.25, 0.3) is 0 Å². The van der Waals surface area contributed by atoms with Crippen molar-refractivity contribution >= 4 is 34.2 Å². The fourth-order valence-corrected chi connectivity index (χ4v) is 2.65. The molecule has 0 bridgehead atoms. The van der Waals surface area contributed by atoms with Gasteiger partial charge in [-0.15, -0.1) is 0 Å². The molecule has 8 heteroatoms. The van der Waals surface area contributed by atoms with Gasteiger partial charge in [-0.2, -0.15) is 0 Å². The van der Waals surface area contributed by atoms with Crippen molar-refractivity contribution in [2.45, 2.75) is 24.5 Å². The molecular formula is C12H12Cl2N2O4. The van der Waals surface area contributed by atoms with Crippen LogP contribution >= 0.6 is 23.2 Å². The van der Waals surface area contributed by atoms with Crippen LogP contribution in [0.4, 0.5) is 0 Å². The number of benzene rings is 1. The van der Waals surface area contributed by atoms with E-state index in [4.69, 9.17) is 33.0 Å². The molecule has 1 unspecified atom stereocenters. The van der Waals surface area contributed by atoms with Crippen LogP contribution in [0.15, 0.2) is 18.5 Å². The number of ether oxygens (including phenoxy) is 1. The van der Waals surface area contributed by atoms with E-state index in [1.54, 1.807) is 16.7 Å². The monoisotopic (exact) mass is 318 g/mol. The van der Waals surface area contributed by atoms with Crippen molar-refractivity contribution in [1.29, 1.82) is 0 Å². The molecule has 108 valence electrons. The van der Waals surface area contributed by atoms with Crippen LogP contribution in [-0.4, -0.2) is 49.8 Å². The van der Waals surface area contributed by atoms with Gasteiger partial charge in [-0.1, -0.05) is 23.2 Å². The van der Waals surface area contributed by atoms with Gasteiger partial charge in [-0.25, -0.2) is 4.98 Å². The summed E-state index contributed by atoms with van der Waals surface area (Å²) in [7, 11) is 0. The molecule has 0 saturated carbocycles. The van der Waals surface area contributed by atoms with Crippen LogP contribution in [0.3, 0.4) is 0 Å². The first-order chi connectivity index (χ1) is 9.52. The molecule has 1 saturated heterocycles. The topological polar surface area (TPSA) is 87.7 Å². The van der Waals surface area contributed by atoms with Crippen LogP contribution < -0.4 is 0 Å². The van der Waals surface area contributed by atoms with E-state index in [0.717, 1.165) is 0 Å². The lowest BCUT2D eigenvalue weighted by molar-refractivity contribution is -0.0508. The van der Waals surface area contributed by atoms with Gasteiger partial charge in [0.05, 0.1) is 34.0 Å². The molecule has 4 atom stereocenters. The number of aromatic nitrogens is 2. The number of aliphatic hydroxyl groups is 3. The zero-order valence-electron chi connectivity index (χ0n) is 10.1. The van der Waals surface area contributed by atoms with Crippen molar-refractivity contribution in [3.63, 3.8) is 0 Å². The zero-order chi connectivity index (χ0) is 14.4. The molecule has 3 N–H and O–H groups in total. The Morgan fingerprint density at radius 3 is 2.55 bits per heavy atom. The van der Waals surface area contributed by atoms with Crippen molar-refractivity contribution in [3.8, 4) is 0 Å². The Balaban J connectivity index is 2.05. The smallest absolute Gasteiger partial charge is 0.164 e. The summed E-state index contributed by atoms with van der Waals surface area (Å²) >= 11 is 11.9. The third-order valence-electron chi connectivity index (χ3n) is 3.41. The van der Waals surface area contributed by atoms with Crippen molar-refractivity contribution in [3.05, 3.63) is 28.5 Å². The minimum absolute atomic E-state index is 0.354. The lowest BCUT2D eigenvalue weighted by atomic mass is 10.1. The van der Waals surface area contributed by atoms with Crippen LogP contribution in [0.25, 0.3) is 11.0 Å². The fourth-order valence-electron chi connectivity index (χ4n) is 2.34. The van der Waals surface area contributed by atoms with Gasteiger partial charge in [0.1, 0.15) is 18.3 Å². The Morgan fingerprint density at radius 2 is 1.90 bits per heavy atom. The van der Waals surface area contributed by atoms with Crippen LogP contribution in [0, 0.1) is 0 Å². The first-order valence-corrected chi connectivity index (χ1v) is 6.72. The molecule has 1 aliphatic rings. The number of hydrogen-bond acceptors (Lipinski definition) is 5. The van der Waals surface area contributed by atoms with Crippen molar-refractivity contribution < 1.29 is 20.1 Å². The van der Waals surface area contributed by atoms with E-state index in [2.05, 4.69) is 4.98 Å². The number of fused-ring (bicyclic) bond motifs is 1. The Hall–Kier alpha value is -0.890. The number of aliphatic hydroxyl groups excluding tert-OH is 3. The molecule has 2 aromatic rings. The summed E-state index contributed by atoms with van der Waals surface area (Å²) in [5, 5.41) is 29.6. The maximum Gasteiger partial charge on any atom is 0.164 e. The van der Waals surface area contributed by atoms with Gasteiger partial charge in [-0.05, 0) is 12.1 Å². The maximum absolute atomic E-state index is 10.0. The predicted octanol–water partition coefficient (Wildman–Crippen LogP) is 0.955. The van der Waals surface area contributed by atoms with Gasteiger partial charge in [0.15, 0.2) is 6.23 Å². The average molecular weight is 319 g/mol. The molecule has 1 fully saturated rings. The predicted molar refractivity (Wildman–Crippen MR) is 72.8 cm³/mol. The Kier molecular flexibility index (Phi) is 3.62. The maximum atomic E-state index is 10.0. The molecular weight excluding hydrogens is 307 g/mol. The van der Waals surface area contributed by atoms with Gasteiger partial charge in [0.2, 0.25) is 0 Å². The van der Waals surface area contributed by atoms with E-state index in [-0.39, 0.29) is 6.61 Å². The molecule has 6 nitrogen and oxygen atoms in total. The van der Waals surface area contributed by atoms with Gasteiger partial charge >= 0.3 is 0 Å². The summed E-state index contributed by atoms with van der Waals surface area (Å²) in [6.07, 6.45) is -2.54. The molecule has 20 heavy (non-hydrogen) atoms. The van der Waals surface area contributed by atoms with E-state index >= 15 is 0 Å². The summed E-state index contributed by atoms with van der Waals surface area (Å²) in [4.78, 5) is 4.16. The van der Waals surface area contributed by atoms with E-state index in [1.165, 1.54) is 6.33 Å². The van der Waals surface area contributed by atoms with Gasteiger partial charge in [0, 0.05) is 0 Å². The van der Waals surface area contributed by atoms with Crippen LogP contribution in [0.1, 0.15) is 6.23 Å². The van der Waals surface area contributed by atoms with E-state index in [9.17, 15) is 10.2 Å². The molecule has 3 rings (SSSR count). The number of imidazole rings is 1. The highest BCUT2D eigenvalue weighted by Gasteiger charge is 2.43. The molecule has 1 aromatic heterocycles. The van der Waals surface area contributed by atoms with Crippen molar-refractivity contribution in [2.75, 3.05) is 6.61 Å². The van der Waals surface area contributed by atoms with E-state index in [1.807, 2.05) is 0 Å². The average Bonchev–Trinajstić information content (AvgIpc) is 2.94. The van der Waals surface area contributed by atoms with E-state index < -0.39 is 24.5 Å². The van der Waals surface area contributed by atoms with E-state index in [0.29, 0.717) is 21.1 Å². The first kappa shape index (κ1) is 14.1. The second kappa shape index (κ2) is 5.14. The summed E-state index contributed by atoms with van der Waals surface area (Å²) < 4.78 is 7.01. The summed E-state index contributed by atoms with van der Waals surface area (Å²) in [6, 6.07) is 3.22. The Bertz CT molecular complexity index is 648. The minimum atomic E-state index is -1.17. The lowest BCUT2D eigenvalue weighted by Crippen LogP contribution is -2.33. The molecule has 0 spiro atoms. The highest BCUT2D eigenvalue weighted by molar-refractivity contribution is 6.42. The third-order valence-corrected chi connectivity index (χ3v) is 4.13. The molecule has 1 aromatic carbocycles. The van der Waals surface area contributed by atoms with Crippen LogP contribution in [0.5, 0.6) is 0 Å². The summed E-state index contributed by atoms with van der Waals surface area (Å²) in [5.41, 5.74) is 1.21. The standard InChI is InChI=1S/C12H12Cl2N2O4/c13-5-1-7-8(2-6(5)14)16(4-15-7)12-11(19)10(18)9(3-17)20-12/h1-2,4,9-12,17-19H,3H2/t9-,10+,11?,12-/m1/s1. The van der Waals surface area contributed by atoms with Gasteiger partial charge in [-0.3, -0.25) is 0 Å². The second-order valence-electron chi connectivity index (χ2n) is 4.64. The molecule has 2 heterocycles. The minimum Gasteiger partial charge on any atom is -0.394 e. The SMILES string of the molecule is OC[C@H]1O[C@@H](n2cnc3cc(Cl)c(Cl)cc32)C(O)[C@H]1O. The van der Waals surface area contributed by atoms with Gasteiger partial charge < -0.3 is 24.6 Å². The Labute approximate surface area is 124 Å². The highest BCUT2D eigenvalue weighted by Crippen LogP contribution is 2.34. The molecule has 0 amide bonds. The normalized spacial score (nSPS) is 30.2. The highest BCUT2D eigenvalue weighted by atomic mass is 35.5. The quantitative estimate of drug-likeness (QED) is 0.767. The molecule has 0 aliphatic carbocycles.